The molecule has 0 aliphatic heterocycles. The minimum absolute atomic E-state index is 0.226. The van der Waals surface area contributed by atoms with E-state index in [4.69, 9.17) is 4.43 Å². The van der Waals surface area contributed by atoms with Crippen molar-refractivity contribution in [3.8, 4) is 0 Å². The molecule has 1 heterocycles. The Hall–Kier alpha value is -0.203. The van der Waals surface area contributed by atoms with E-state index >= 15 is 0 Å². The molecule has 1 aromatic heterocycles. The van der Waals surface area contributed by atoms with E-state index in [0.29, 0.717) is 11.9 Å². The van der Waals surface area contributed by atoms with Crippen LogP contribution in [0.1, 0.15) is 32.4 Å². The summed E-state index contributed by atoms with van der Waals surface area (Å²) in [4.78, 5) is 4.42. The van der Waals surface area contributed by atoms with E-state index in [0.717, 1.165) is 11.6 Å². The van der Waals surface area contributed by atoms with Gasteiger partial charge in [-0.2, -0.15) is 5.10 Å². The highest BCUT2D eigenvalue weighted by atomic mass is 79.9. The molecular weight excluding hydrogens is 298 g/mol. The van der Waals surface area contributed by atoms with Crippen LogP contribution in [0.3, 0.4) is 0 Å². The maximum Gasteiger partial charge on any atom is 0.192 e. The van der Waals surface area contributed by atoms with Crippen LogP contribution < -0.4 is 0 Å². The van der Waals surface area contributed by atoms with Gasteiger partial charge in [0.05, 0.1) is 11.9 Å². The smallest absolute Gasteiger partial charge is 0.192 e. The van der Waals surface area contributed by atoms with Crippen LogP contribution in [0.15, 0.2) is 0 Å². The van der Waals surface area contributed by atoms with Crippen molar-refractivity contribution >= 4 is 24.2 Å². The lowest BCUT2D eigenvalue weighted by Crippen LogP contribution is -2.40. The third-order valence-corrected chi connectivity index (χ3v) is 8.36. The van der Waals surface area contributed by atoms with Crippen LogP contribution in [0.25, 0.3) is 0 Å². The van der Waals surface area contributed by atoms with Gasteiger partial charge in [-0.3, -0.25) is 4.68 Å². The van der Waals surface area contributed by atoms with E-state index in [1.165, 1.54) is 0 Å². The standard InChI is InChI=1S/C11H22BrN3OSi/c1-11(2,3)17(5,6)16-8-10-13-9(7-12)14-15(10)4/h7-8H2,1-6H3. The van der Waals surface area contributed by atoms with Crippen LogP contribution in [0.5, 0.6) is 0 Å². The van der Waals surface area contributed by atoms with Gasteiger partial charge in [-0.15, -0.1) is 0 Å². The summed E-state index contributed by atoms with van der Waals surface area (Å²) in [7, 11) is 0.202. The van der Waals surface area contributed by atoms with E-state index in [1.54, 1.807) is 4.68 Å². The molecule has 0 bridgehead atoms. The van der Waals surface area contributed by atoms with Gasteiger partial charge in [0, 0.05) is 7.05 Å². The molecule has 0 fully saturated rings. The summed E-state index contributed by atoms with van der Waals surface area (Å²) < 4.78 is 7.91. The van der Waals surface area contributed by atoms with E-state index < -0.39 is 8.32 Å². The molecule has 0 saturated heterocycles. The third-order valence-electron chi connectivity index (χ3n) is 3.38. The third kappa shape index (κ3) is 3.63. The first-order valence-electron chi connectivity index (χ1n) is 5.76. The van der Waals surface area contributed by atoms with Gasteiger partial charge < -0.3 is 4.43 Å². The Balaban J connectivity index is 2.70. The summed E-state index contributed by atoms with van der Waals surface area (Å²) in [6, 6.07) is 0. The van der Waals surface area contributed by atoms with Crippen molar-refractivity contribution in [2.45, 2.75) is 50.8 Å². The van der Waals surface area contributed by atoms with E-state index in [9.17, 15) is 0 Å². The van der Waals surface area contributed by atoms with Gasteiger partial charge in [0.25, 0.3) is 0 Å². The highest BCUT2D eigenvalue weighted by Crippen LogP contribution is 2.36. The molecule has 0 N–H and O–H groups in total. The first-order chi connectivity index (χ1) is 7.67. The van der Waals surface area contributed by atoms with Crippen molar-refractivity contribution in [3.05, 3.63) is 11.6 Å². The van der Waals surface area contributed by atoms with Crippen LogP contribution in [0.2, 0.25) is 18.1 Å². The minimum atomic E-state index is -1.70. The summed E-state index contributed by atoms with van der Waals surface area (Å²) in [6.45, 7) is 11.7. The molecule has 6 heteroatoms. The molecule has 0 aliphatic rings. The number of aromatic nitrogens is 3. The molecular formula is C11H22BrN3OSi. The van der Waals surface area contributed by atoms with Crippen molar-refractivity contribution in [2.75, 3.05) is 0 Å². The van der Waals surface area contributed by atoms with Gasteiger partial charge in [0.2, 0.25) is 0 Å². The zero-order valence-corrected chi connectivity index (χ0v) is 14.1. The van der Waals surface area contributed by atoms with Crippen LogP contribution in [-0.2, 0) is 23.4 Å². The number of aryl methyl sites for hydroxylation is 1. The first kappa shape index (κ1) is 14.9. The fourth-order valence-corrected chi connectivity index (χ4v) is 2.28. The predicted molar refractivity (Wildman–Crippen MR) is 75.6 cm³/mol. The van der Waals surface area contributed by atoms with E-state index in [2.05, 4.69) is 59.9 Å². The number of nitrogens with zero attached hydrogens (tertiary/aromatic N) is 3. The zero-order valence-electron chi connectivity index (χ0n) is 11.5. The van der Waals surface area contributed by atoms with Crippen molar-refractivity contribution in [2.24, 2.45) is 7.05 Å². The van der Waals surface area contributed by atoms with Gasteiger partial charge in [-0.05, 0) is 18.1 Å². The lowest BCUT2D eigenvalue weighted by Gasteiger charge is -2.35. The molecule has 0 amide bonds. The Morgan fingerprint density at radius 3 is 2.35 bits per heavy atom. The van der Waals surface area contributed by atoms with Crippen molar-refractivity contribution < 1.29 is 4.43 Å². The number of rotatable bonds is 4. The summed E-state index contributed by atoms with van der Waals surface area (Å²) in [5.74, 6) is 1.70. The molecule has 0 atom stereocenters. The topological polar surface area (TPSA) is 39.9 Å². The van der Waals surface area contributed by atoms with E-state index in [1.807, 2.05) is 7.05 Å². The van der Waals surface area contributed by atoms with Crippen molar-refractivity contribution in [3.63, 3.8) is 0 Å². The Bertz CT molecular complexity index is 385. The summed E-state index contributed by atoms with van der Waals surface area (Å²) in [5.41, 5.74) is 0. The molecule has 1 aromatic rings. The number of hydrogen-bond donors (Lipinski definition) is 0. The van der Waals surface area contributed by atoms with Gasteiger partial charge in [-0.1, -0.05) is 36.7 Å². The summed E-state index contributed by atoms with van der Waals surface area (Å²) in [6.07, 6.45) is 0. The fraction of sp³-hybridized carbons (Fsp3) is 0.818. The highest BCUT2D eigenvalue weighted by molar-refractivity contribution is 9.08. The first-order valence-corrected chi connectivity index (χ1v) is 9.79. The van der Waals surface area contributed by atoms with Crippen molar-refractivity contribution in [1.29, 1.82) is 0 Å². The normalized spacial score (nSPS) is 13.1. The molecule has 17 heavy (non-hydrogen) atoms. The molecule has 0 aliphatic carbocycles. The SMILES string of the molecule is Cn1nc(CBr)nc1CO[Si](C)(C)C(C)(C)C. The lowest BCUT2D eigenvalue weighted by molar-refractivity contribution is 0.262. The lowest BCUT2D eigenvalue weighted by atomic mass is 10.2. The Morgan fingerprint density at radius 1 is 1.35 bits per heavy atom. The van der Waals surface area contributed by atoms with E-state index in [-0.39, 0.29) is 5.04 Å². The van der Waals surface area contributed by atoms with Gasteiger partial charge in [0.1, 0.15) is 0 Å². The molecule has 4 nitrogen and oxygen atoms in total. The average Bonchev–Trinajstić information content (AvgIpc) is 2.55. The Kier molecular flexibility index (Phi) is 4.54. The quantitative estimate of drug-likeness (QED) is 0.632. The number of halogens is 1. The highest BCUT2D eigenvalue weighted by Gasteiger charge is 2.37. The molecule has 0 radical (unpaired) electrons. The molecule has 1 rings (SSSR count). The largest absolute Gasteiger partial charge is 0.409 e. The molecule has 98 valence electrons. The molecule has 0 unspecified atom stereocenters. The second-order valence-corrected chi connectivity index (χ2v) is 11.1. The average molecular weight is 320 g/mol. The number of hydrogen-bond acceptors (Lipinski definition) is 3. The van der Waals surface area contributed by atoms with Gasteiger partial charge in [-0.25, -0.2) is 4.98 Å². The van der Waals surface area contributed by atoms with Crippen LogP contribution in [0, 0.1) is 0 Å². The van der Waals surface area contributed by atoms with Crippen LogP contribution in [0.4, 0.5) is 0 Å². The zero-order chi connectivity index (χ0) is 13.3. The Morgan fingerprint density at radius 2 is 1.94 bits per heavy atom. The molecule has 0 aromatic carbocycles. The predicted octanol–water partition coefficient (Wildman–Crippen LogP) is 3.23. The van der Waals surface area contributed by atoms with Crippen LogP contribution >= 0.6 is 15.9 Å². The van der Waals surface area contributed by atoms with Crippen LogP contribution in [-0.4, -0.2) is 23.1 Å². The fourth-order valence-electron chi connectivity index (χ4n) is 1.12. The summed E-state index contributed by atoms with van der Waals surface area (Å²) in [5, 5.41) is 5.19. The Labute approximate surface area is 113 Å². The maximum absolute atomic E-state index is 6.12. The second kappa shape index (κ2) is 5.20. The minimum Gasteiger partial charge on any atom is -0.409 e. The maximum atomic E-state index is 6.12. The second-order valence-electron chi connectivity index (χ2n) is 5.75. The van der Waals surface area contributed by atoms with Gasteiger partial charge in [0.15, 0.2) is 20.0 Å². The van der Waals surface area contributed by atoms with Crippen molar-refractivity contribution in [1.82, 2.24) is 14.8 Å². The molecule has 0 saturated carbocycles. The van der Waals surface area contributed by atoms with Gasteiger partial charge >= 0.3 is 0 Å². The monoisotopic (exact) mass is 319 g/mol. The molecule has 0 spiro atoms. The number of alkyl halides is 1. The summed E-state index contributed by atoms with van der Waals surface area (Å²) >= 11 is 3.36.